The maximum absolute atomic E-state index is 11.9. The van der Waals surface area contributed by atoms with E-state index in [0.717, 1.165) is 19.4 Å². The highest BCUT2D eigenvalue weighted by Gasteiger charge is 2.36. The van der Waals surface area contributed by atoms with Crippen LogP contribution in [0, 0.1) is 11.8 Å². The molecular weight excluding hydrogens is 240 g/mol. The molecule has 4 nitrogen and oxygen atoms in total. The fourth-order valence-corrected chi connectivity index (χ4v) is 3.36. The van der Waals surface area contributed by atoms with Crippen molar-refractivity contribution in [3.8, 4) is 0 Å². The number of imide groups is 1. The number of nitrogens with one attached hydrogen (secondary N) is 1. The van der Waals surface area contributed by atoms with Crippen LogP contribution in [0.1, 0.15) is 52.4 Å². The molecule has 1 saturated heterocycles. The van der Waals surface area contributed by atoms with Crippen molar-refractivity contribution >= 4 is 11.8 Å². The predicted octanol–water partition coefficient (Wildman–Crippen LogP) is 1.94. The molecule has 1 aliphatic heterocycles. The lowest BCUT2D eigenvalue weighted by Crippen LogP contribution is -2.37. The number of likely N-dealkylation sites (tertiary alicyclic amines) is 1. The SMILES string of the molecule is CCCNC1CCCC1CCN1C(=O)CC(C)C1=O. The monoisotopic (exact) mass is 266 g/mol. The Morgan fingerprint density at radius 2 is 2.11 bits per heavy atom. The quantitative estimate of drug-likeness (QED) is 0.747. The highest BCUT2D eigenvalue weighted by atomic mass is 16.2. The van der Waals surface area contributed by atoms with Gasteiger partial charge in [0, 0.05) is 24.9 Å². The normalized spacial score (nSPS) is 31.5. The molecule has 2 aliphatic rings. The summed E-state index contributed by atoms with van der Waals surface area (Å²) >= 11 is 0. The second-order valence-corrected chi connectivity index (χ2v) is 6.03. The minimum atomic E-state index is -0.106. The van der Waals surface area contributed by atoms with Gasteiger partial charge in [-0.2, -0.15) is 0 Å². The Hall–Kier alpha value is -0.900. The lowest BCUT2D eigenvalue weighted by Gasteiger charge is -2.23. The number of amides is 2. The summed E-state index contributed by atoms with van der Waals surface area (Å²) in [7, 11) is 0. The van der Waals surface area contributed by atoms with Gasteiger partial charge in [0.05, 0.1) is 0 Å². The molecule has 4 heteroatoms. The molecule has 3 atom stereocenters. The molecule has 1 heterocycles. The Labute approximate surface area is 115 Å². The highest BCUT2D eigenvalue weighted by Crippen LogP contribution is 2.29. The van der Waals surface area contributed by atoms with E-state index in [2.05, 4.69) is 12.2 Å². The second kappa shape index (κ2) is 6.51. The van der Waals surface area contributed by atoms with Crippen molar-refractivity contribution in [3.63, 3.8) is 0 Å². The summed E-state index contributed by atoms with van der Waals surface area (Å²) in [4.78, 5) is 25.1. The van der Waals surface area contributed by atoms with Crippen LogP contribution in [0.2, 0.25) is 0 Å². The van der Waals surface area contributed by atoms with Crippen LogP contribution in [0.5, 0.6) is 0 Å². The summed E-state index contributed by atoms with van der Waals surface area (Å²) in [6.07, 6.45) is 6.26. The summed E-state index contributed by atoms with van der Waals surface area (Å²) < 4.78 is 0. The molecule has 0 aromatic rings. The Morgan fingerprint density at radius 3 is 2.74 bits per heavy atom. The van der Waals surface area contributed by atoms with Crippen molar-refractivity contribution in [2.75, 3.05) is 13.1 Å². The van der Waals surface area contributed by atoms with Gasteiger partial charge in [-0.3, -0.25) is 14.5 Å². The van der Waals surface area contributed by atoms with Crippen LogP contribution in [0.3, 0.4) is 0 Å². The standard InChI is InChI=1S/C15H26N2O2/c1-3-8-16-13-6-4-5-12(13)7-9-17-14(18)10-11(2)15(17)19/h11-13,16H,3-10H2,1-2H3. The van der Waals surface area contributed by atoms with Crippen LogP contribution < -0.4 is 5.32 Å². The van der Waals surface area contributed by atoms with Gasteiger partial charge in [-0.25, -0.2) is 0 Å². The minimum Gasteiger partial charge on any atom is -0.314 e. The summed E-state index contributed by atoms with van der Waals surface area (Å²) in [6, 6.07) is 0.588. The Balaban J connectivity index is 1.81. The first-order valence-corrected chi connectivity index (χ1v) is 7.71. The molecule has 108 valence electrons. The first kappa shape index (κ1) is 14.5. The fourth-order valence-electron chi connectivity index (χ4n) is 3.36. The average Bonchev–Trinajstić information content (AvgIpc) is 2.92. The van der Waals surface area contributed by atoms with Crippen LogP contribution in [-0.2, 0) is 9.59 Å². The fraction of sp³-hybridized carbons (Fsp3) is 0.867. The molecule has 19 heavy (non-hydrogen) atoms. The van der Waals surface area contributed by atoms with Crippen molar-refractivity contribution in [1.82, 2.24) is 10.2 Å². The van der Waals surface area contributed by atoms with E-state index < -0.39 is 0 Å². The molecule has 0 aromatic carbocycles. The molecule has 2 amide bonds. The van der Waals surface area contributed by atoms with Crippen molar-refractivity contribution < 1.29 is 9.59 Å². The molecule has 2 rings (SSSR count). The van der Waals surface area contributed by atoms with E-state index in [1.807, 2.05) is 6.92 Å². The van der Waals surface area contributed by atoms with E-state index in [4.69, 9.17) is 0 Å². The minimum absolute atomic E-state index is 0.0218. The first-order chi connectivity index (χ1) is 9.13. The molecule has 0 aromatic heterocycles. The second-order valence-electron chi connectivity index (χ2n) is 6.03. The van der Waals surface area contributed by atoms with E-state index in [-0.39, 0.29) is 17.7 Å². The number of carbonyl (C=O) groups excluding carboxylic acids is 2. The predicted molar refractivity (Wildman–Crippen MR) is 74.5 cm³/mol. The topological polar surface area (TPSA) is 49.4 Å². The number of hydrogen-bond donors (Lipinski definition) is 1. The Morgan fingerprint density at radius 1 is 1.32 bits per heavy atom. The molecule has 3 unspecified atom stereocenters. The average molecular weight is 266 g/mol. The molecule has 1 aliphatic carbocycles. The van der Waals surface area contributed by atoms with Crippen molar-refractivity contribution in [2.45, 2.75) is 58.4 Å². The number of hydrogen-bond acceptors (Lipinski definition) is 3. The van der Waals surface area contributed by atoms with Gasteiger partial charge in [0.25, 0.3) is 0 Å². The zero-order valence-electron chi connectivity index (χ0n) is 12.2. The van der Waals surface area contributed by atoms with Crippen LogP contribution in [-0.4, -0.2) is 35.8 Å². The van der Waals surface area contributed by atoms with Gasteiger partial charge in [0.2, 0.25) is 11.8 Å². The summed E-state index contributed by atoms with van der Waals surface area (Å²) in [5.41, 5.74) is 0. The van der Waals surface area contributed by atoms with Crippen molar-refractivity contribution in [2.24, 2.45) is 11.8 Å². The third-order valence-corrected chi connectivity index (χ3v) is 4.51. The molecule has 1 saturated carbocycles. The third-order valence-electron chi connectivity index (χ3n) is 4.51. The maximum Gasteiger partial charge on any atom is 0.232 e. The molecule has 0 spiro atoms. The van der Waals surface area contributed by atoms with Crippen LogP contribution in [0.25, 0.3) is 0 Å². The van der Waals surface area contributed by atoms with Gasteiger partial charge in [0.15, 0.2) is 0 Å². The third kappa shape index (κ3) is 3.35. The number of rotatable bonds is 6. The van der Waals surface area contributed by atoms with E-state index in [1.54, 1.807) is 0 Å². The van der Waals surface area contributed by atoms with E-state index in [9.17, 15) is 9.59 Å². The smallest absolute Gasteiger partial charge is 0.232 e. The number of carbonyl (C=O) groups is 2. The van der Waals surface area contributed by atoms with Crippen LogP contribution >= 0.6 is 0 Å². The first-order valence-electron chi connectivity index (χ1n) is 7.71. The Bertz CT molecular complexity index is 343. The molecule has 2 fully saturated rings. The molecule has 0 radical (unpaired) electrons. The zero-order chi connectivity index (χ0) is 13.8. The maximum atomic E-state index is 11.9. The molecule has 0 bridgehead atoms. The van der Waals surface area contributed by atoms with Crippen LogP contribution in [0.4, 0.5) is 0 Å². The summed E-state index contributed by atoms with van der Waals surface area (Å²) in [5, 5.41) is 3.60. The largest absolute Gasteiger partial charge is 0.314 e. The summed E-state index contributed by atoms with van der Waals surface area (Å²) in [6.45, 7) is 5.72. The van der Waals surface area contributed by atoms with Gasteiger partial charge in [-0.1, -0.05) is 20.3 Å². The summed E-state index contributed by atoms with van der Waals surface area (Å²) in [5.74, 6) is 0.572. The molecular formula is C15H26N2O2. The van der Waals surface area contributed by atoms with Crippen LogP contribution in [0.15, 0.2) is 0 Å². The van der Waals surface area contributed by atoms with Crippen molar-refractivity contribution in [1.29, 1.82) is 0 Å². The lowest BCUT2D eigenvalue weighted by atomic mass is 9.99. The van der Waals surface area contributed by atoms with Gasteiger partial charge < -0.3 is 5.32 Å². The lowest BCUT2D eigenvalue weighted by molar-refractivity contribution is -0.139. The molecule has 1 N–H and O–H groups in total. The van der Waals surface area contributed by atoms with Crippen molar-refractivity contribution in [3.05, 3.63) is 0 Å². The van der Waals surface area contributed by atoms with Gasteiger partial charge in [-0.15, -0.1) is 0 Å². The highest BCUT2D eigenvalue weighted by molar-refractivity contribution is 6.03. The van der Waals surface area contributed by atoms with E-state index >= 15 is 0 Å². The van der Waals surface area contributed by atoms with Gasteiger partial charge >= 0.3 is 0 Å². The number of nitrogens with zero attached hydrogens (tertiary/aromatic N) is 1. The van der Waals surface area contributed by atoms with E-state index in [0.29, 0.717) is 24.9 Å². The van der Waals surface area contributed by atoms with E-state index in [1.165, 1.54) is 24.2 Å². The van der Waals surface area contributed by atoms with Gasteiger partial charge in [0.1, 0.15) is 0 Å². The zero-order valence-corrected chi connectivity index (χ0v) is 12.2. The Kier molecular flexibility index (Phi) is 4.97. The van der Waals surface area contributed by atoms with Gasteiger partial charge in [-0.05, 0) is 38.1 Å².